The zero-order chi connectivity index (χ0) is 20.9. The van der Waals surface area contributed by atoms with E-state index in [1.54, 1.807) is 0 Å². The third-order valence-corrected chi connectivity index (χ3v) is 4.75. The molecule has 0 heterocycles. The largest absolute Gasteiger partial charge is 0.473 e. The highest BCUT2D eigenvalue weighted by Crippen LogP contribution is 2.36. The first kappa shape index (κ1) is 22.2. The van der Waals surface area contributed by atoms with Gasteiger partial charge < -0.3 is 10.5 Å². The van der Waals surface area contributed by atoms with E-state index in [0.717, 1.165) is 29.9 Å². The van der Waals surface area contributed by atoms with Crippen LogP contribution in [0.25, 0.3) is 0 Å². The fraction of sp³-hybridized carbons (Fsp3) is 0.269. The van der Waals surface area contributed by atoms with Gasteiger partial charge in [0.25, 0.3) is 0 Å². The average Bonchev–Trinajstić information content (AvgIpc) is 3.61. The van der Waals surface area contributed by atoms with Gasteiger partial charge in [0.05, 0.1) is 0 Å². The van der Waals surface area contributed by atoms with Gasteiger partial charge in [-0.25, -0.2) is 0 Å². The summed E-state index contributed by atoms with van der Waals surface area (Å²) in [6.07, 6.45) is 19.0. The molecule has 3 heteroatoms. The van der Waals surface area contributed by atoms with Crippen molar-refractivity contribution < 1.29 is 4.74 Å². The number of hydrogen-bond donors (Lipinski definition) is 1. The molecule has 0 saturated heterocycles. The molecular formula is C26H32N2O. The van der Waals surface area contributed by atoms with Gasteiger partial charge in [0, 0.05) is 0 Å². The van der Waals surface area contributed by atoms with E-state index in [1.165, 1.54) is 18.4 Å². The summed E-state index contributed by atoms with van der Waals surface area (Å²) < 4.78 is 5.59. The quantitative estimate of drug-likeness (QED) is 0.318. The molecule has 29 heavy (non-hydrogen) atoms. The number of hydrogen-bond acceptors (Lipinski definition) is 3. The lowest BCUT2D eigenvalue weighted by Crippen LogP contribution is -2.08. The highest BCUT2D eigenvalue weighted by Gasteiger charge is 2.23. The summed E-state index contributed by atoms with van der Waals surface area (Å²) in [5.74, 6) is 1.20. The maximum absolute atomic E-state index is 5.97. The van der Waals surface area contributed by atoms with Crippen LogP contribution in [0, 0.1) is 5.92 Å². The number of ether oxygens (including phenoxy) is 1. The van der Waals surface area contributed by atoms with Crippen molar-refractivity contribution in [3.05, 3.63) is 108 Å². The molecule has 0 bridgehead atoms. The Morgan fingerprint density at radius 1 is 1.28 bits per heavy atom. The zero-order valence-corrected chi connectivity index (χ0v) is 17.4. The number of nitrogens with zero attached hydrogens (tertiary/aromatic N) is 1. The molecule has 0 amide bonds. The van der Waals surface area contributed by atoms with Crippen LogP contribution in [0.5, 0.6) is 0 Å². The number of allylic oxidation sites excluding steroid dienone is 9. The average molecular weight is 389 g/mol. The lowest BCUT2D eigenvalue weighted by molar-refractivity contribution is 0.192. The molecule has 152 valence electrons. The summed E-state index contributed by atoms with van der Waals surface area (Å²) in [6.45, 7) is 9.75. The molecule has 2 N–H and O–H groups in total. The van der Waals surface area contributed by atoms with Gasteiger partial charge in [0.15, 0.2) is 0 Å². The third-order valence-electron chi connectivity index (χ3n) is 4.75. The molecule has 0 unspecified atom stereocenters. The van der Waals surface area contributed by atoms with Crippen molar-refractivity contribution in [2.45, 2.75) is 39.2 Å². The molecule has 3 rings (SSSR count). The zero-order valence-electron chi connectivity index (χ0n) is 17.4. The second kappa shape index (κ2) is 12.4. The molecule has 2 aliphatic rings. The van der Waals surface area contributed by atoms with Gasteiger partial charge in [-0.2, -0.15) is 0 Å². The Bertz CT molecular complexity index is 822. The number of rotatable bonds is 8. The number of benzene rings is 1. The Labute approximate surface area is 175 Å². The summed E-state index contributed by atoms with van der Waals surface area (Å²) in [4.78, 5) is 4.00. The van der Waals surface area contributed by atoms with Crippen LogP contribution in [-0.2, 0) is 11.3 Å². The first-order chi connectivity index (χ1) is 14.2. The van der Waals surface area contributed by atoms with Crippen molar-refractivity contribution in [2.24, 2.45) is 16.6 Å². The SMILES string of the molecule is C=C/C=C\C(=C/C)C1CC1.C=N/C(C1=CC=CCC1)=C(/N)OCc1ccccc1. The predicted molar refractivity (Wildman–Crippen MR) is 124 cm³/mol. The normalized spacial score (nSPS) is 17.0. The molecule has 0 radical (unpaired) electrons. The molecule has 1 saturated carbocycles. The van der Waals surface area contributed by atoms with Crippen molar-refractivity contribution in [1.29, 1.82) is 0 Å². The predicted octanol–water partition coefficient (Wildman–Crippen LogP) is 6.39. The standard InChI is InChI=1S/C16H18N2O.C10H14/c1-18-15(14-10-6-3-7-11-14)16(17)19-12-13-8-4-2-5-9-13;1-3-5-6-9(4-2)10-7-8-10/h2-6,8-10H,1,7,11-12,17H2;3-6,10H,1,7-8H2,2H3/b16-15-;6-5-,9-4+. The van der Waals surface area contributed by atoms with E-state index >= 15 is 0 Å². The van der Waals surface area contributed by atoms with Gasteiger partial charge >= 0.3 is 0 Å². The van der Waals surface area contributed by atoms with Crippen LogP contribution in [0.15, 0.2) is 107 Å². The highest BCUT2D eigenvalue weighted by molar-refractivity contribution is 5.42. The molecule has 1 aromatic rings. The Morgan fingerprint density at radius 2 is 2.03 bits per heavy atom. The molecule has 0 aromatic heterocycles. The van der Waals surface area contributed by atoms with E-state index in [0.29, 0.717) is 18.2 Å². The Hall–Kier alpha value is -3.07. The summed E-state index contributed by atoms with van der Waals surface area (Å²) in [7, 11) is 0. The molecule has 1 fully saturated rings. The van der Waals surface area contributed by atoms with E-state index in [1.807, 2.05) is 54.6 Å². The van der Waals surface area contributed by atoms with Crippen LogP contribution in [0.1, 0.15) is 38.2 Å². The fourth-order valence-corrected chi connectivity index (χ4v) is 3.01. The van der Waals surface area contributed by atoms with E-state index < -0.39 is 0 Å². The maximum atomic E-state index is 5.97. The minimum atomic E-state index is 0.334. The minimum Gasteiger partial charge on any atom is -0.473 e. The summed E-state index contributed by atoms with van der Waals surface area (Å²) in [6, 6.07) is 9.91. The van der Waals surface area contributed by atoms with Crippen LogP contribution in [0.2, 0.25) is 0 Å². The number of nitrogens with two attached hydrogens (primary N) is 1. The number of aliphatic imine (C=N–C) groups is 1. The van der Waals surface area contributed by atoms with Gasteiger partial charge in [-0.05, 0) is 62.0 Å². The molecular weight excluding hydrogens is 356 g/mol. The Morgan fingerprint density at radius 3 is 2.59 bits per heavy atom. The second-order valence-corrected chi connectivity index (χ2v) is 6.96. The summed E-state index contributed by atoms with van der Waals surface area (Å²) >= 11 is 0. The second-order valence-electron chi connectivity index (χ2n) is 6.96. The van der Waals surface area contributed by atoms with Gasteiger partial charge in [-0.1, -0.05) is 79.4 Å². The van der Waals surface area contributed by atoms with Gasteiger partial charge in [0.2, 0.25) is 5.88 Å². The Balaban J connectivity index is 0.000000253. The monoisotopic (exact) mass is 388 g/mol. The molecule has 0 spiro atoms. The first-order valence-corrected chi connectivity index (χ1v) is 10.1. The molecule has 0 aliphatic heterocycles. The minimum absolute atomic E-state index is 0.334. The maximum Gasteiger partial charge on any atom is 0.211 e. The van der Waals surface area contributed by atoms with E-state index in [-0.39, 0.29) is 0 Å². The van der Waals surface area contributed by atoms with Crippen molar-refractivity contribution in [3.63, 3.8) is 0 Å². The molecule has 0 atom stereocenters. The summed E-state index contributed by atoms with van der Waals surface area (Å²) in [5.41, 5.74) is 10.2. The van der Waals surface area contributed by atoms with Crippen molar-refractivity contribution in [3.8, 4) is 0 Å². The molecule has 2 aliphatic carbocycles. The Kier molecular flexibility index (Phi) is 9.50. The van der Waals surface area contributed by atoms with Crippen molar-refractivity contribution in [1.82, 2.24) is 0 Å². The lowest BCUT2D eigenvalue weighted by atomic mass is 10.0. The van der Waals surface area contributed by atoms with E-state index in [2.05, 4.69) is 43.4 Å². The van der Waals surface area contributed by atoms with E-state index in [9.17, 15) is 0 Å². The smallest absolute Gasteiger partial charge is 0.211 e. The van der Waals surface area contributed by atoms with E-state index in [4.69, 9.17) is 10.5 Å². The van der Waals surface area contributed by atoms with Crippen LogP contribution in [0.4, 0.5) is 0 Å². The van der Waals surface area contributed by atoms with Crippen LogP contribution < -0.4 is 5.73 Å². The van der Waals surface area contributed by atoms with Gasteiger partial charge in [-0.15, -0.1) is 0 Å². The lowest BCUT2D eigenvalue weighted by Gasteiger charge is -2.13. The van der Waals surface area contributed by atoms with Crippen molar-refractivity contribution in [2.75, 3.05) is 0 Å². The third kappa shape index (κ3) is 7.82. The molecule has 1 aromatic carbocycles. The van der Waals surface area contributed by atoms with Gasteiger partial charge in [-0.3, -0.25) is 4.99 Å². The van der Waals surface area contributed by atoms with Crippen LogP contribution >= 0.6 is 0 Å². The highest BCUT2D eigenvalue weighted by atomic mass is 16.5. The van der Waals surface area contributed by atoms with Crippen LogP contribution in [-0.4, -0.2) is 6.72 Å². The first-order valence-electron chi connectivity index (χ1n) is 10.1. The van der Waals surface area contributed by atoms with Crippen molar-refractivity contribution >= 4 is 6.72 Å². The topological polar surface area (TPSA) is 47.6 Å². The fourth-order valence-electron chi connectivity index (χ4n) is 3.01. The molecule has 3 nitrogen and oxygen atoms in total. The summed E-state index contributed by atoms with van der Waals surface area (Å²) in [5, 5.41) is 0. The van der Waals surface area contributed by atoms with Gasteiger partial charge in [0.1, 0.15) is 12.3 Å². The van der Waals surface area contributed by atoms with Crippen LogP contribution in [0.3, 0.4) is 0 Å².